The highest BCUT2D eigenvalue weighted by Crippen LogP contribution is 2.20. The fourth-order valence-corrected chi connectivity index (χ4v) is 1.55. The molecule has 0 aliphatic carbocycles. The van der Waals surface area contributed by atoms with Gasteiger partial charge in [0.15, 0.2) is 17.4 Å². The minimum absolute atomic E-state index is 0.0344. The molecule has 0 aliphatic rings. The Labute approximate surface area is 96.9 Å². The molecule has 0 amide bonds. The maximum atomic E-state index is 13.6. The Morgan fingerprint density at radius 3 is 2.35 bits per heavy atom. The average molecular weight is 236 g/mol. The van der Waals surface area contributed by atoms with Gasteiger partial charge >= 0.3 is 0 Å². The van der Waals surface area contributed by atoms with Gasteiger partial charge in [0.05, 0.1) is 11.8 Å². The van der Waals surface area contributed by atoms with Crippen LogP contribution in [0.25, 0.3) is 0 Å². The van der Waals surface area contributed by atoms with E-state index < -0.39 is 17.4 Å². The number of benzene rings is 1. The maximum Gasteiger partial charge on any atom is 0.231 e. The second-order valence-corrected chi connectivity index (χ2v) is 3.82. The predicted molar refractivity (Wildman–Crippen MR) is 58.0 cm³/mol. The molecule has 0 aliphatic heterocycles. The lowest BCUT2D eigenvalue weighted by atomic mass is 10.0. The first kappa shape index (κ1) is 11.5. The summed E-state index contributed by atoms with van der Waals surface area (Å²) in [6.07, 6.45) is 1.34. The van der Waals surface area contributed by atoms with Crippen LogP contribution in [0.2, 0.25) is 0 Å². The van der Waals surface area contributed by atoms with Crippen molar-refractivity contribution in [3.05, 3.63) is 58.5 Å². The van der Waals surface area contributed by atoms with E-state index in [1.54, 1.807) is 13.0 Å². The molecular formula is C13H10F2O2. The summed E-state index contributed by atoms with van der Waals surface area (Å²) < 4.78 is 31.9. The number of furan rings is 1. The Balaban J connectivity index is 2.53. The van der Waals surface area contributed by atoms with Gasteiger partial charge in [0.2, 0.25) is 5.78 Å². The summed E-state index contributed by atoms with van der Waals surface area (Å²) in [6, 6.07) is 4.22. The van der Waals surface area contributed by atoms with Crippen LogP contribution in [-0.2, 0) is 0 Å². The van der Waals surface area contributed by atoms with E-state index in [0.717, 1.165) is 0 Å². The third-order valence-corrected chi connectivity index (χ3v) is 2.59. The Morgan fingerprint density at radius 1 is 1.06 bits per heavy atom. The van der Waals surface area contributed by atoms with E-state index in [9.17, 15) is 13.6 Å². The first-order valence-electron chi connectivity index (χ1n) is 5.05. The van der Waals surface area contributed by atoms with Crippen LogP contribution in [0.4, 0.5) is 8.78 Å². The molecule has 17 heavy (non-hydrogen) atoms. The van der Waals surface area contributed by atoms with Gasteiger partial charge in [-0.15, -0.1) is 0 Å². The van der Waals surface area contributed by atoms with Crippen molar-refractivity contribution >= 4 is 5.78 Å². The van der Waals surface area contributed by atoms with Crippen molar-refractivity contribution in [1.82, 2.24) is 0 Å². The molecule has 4 heteroatoms. The number of carbonyl (C=O) groups excluding carboxylic acids is 1. The minimum atomic E-state index is -1.13. The van der Waals surface area contributed by atoms with Crippen molar-refractivity contribution in [1.29, 1.82) is 0 Å². The van der Waals surface area contributed by atoms with Crippen LogP contribution < -0.4 is 0 Å². The zero-order valence-electron chi connectivity index (χ0n) is 9.38. The van der Waals surface area contributed by atoms with Crippen molar-refractivity contribution in [2.45, 2.75) is 13.8 Å². The Kier molecular flexibility index (Phi) is 2.79. The van der Waals surface area contributed by atoms with Gasteiger partial charge in [-0.3, -0.25) is 4.79 Å². The van der Waals surface area contributed by atoms with E-state index in [-0.39, 0.29) is 16.9 Å². The van der Waals surface area contributed by atoms with Crippen molar-refractivity contribution in [3.8, 4) is 0 Å². The molecule has 2 aromatic rings. The van der Waals surface area contributed by atoms with Gasteiger partial charge in [-0.05, 0) is 37.1 Å². The minimum Gasteiger partial charge on any atom is -0.461 e. The number of carbonyl (C=O) groups is 1. The summed E-state index contributed by atoms with van der Waals surface area (Å²) in [5.74, 6) is -2.75. The first-order valence-corrected chi connectivity index (χ1v) is 5.05. The standard InChI is InChI=1S/C13H10F2O2/c1-7-3-4-9(11(15)10(7)14)12(16)13-8(2)5-6-17-13/h3-6H,1-2H3. The van der Waals surface area contributed by atoms with Gasteiger partial charge in [-0.2, -0.15) is 0 Å². The number of hydrogen-bond acceptors (Lipinski definition) is 2. The van der Waals surface area contributed by atoms with Crippen LogP contribution in [0, 0.1) is 25.5 Å². The largest absolute Gasteiger partial charge is 0.461 e. The molecule has 0 radical (unpaired) electrons. The number of aryl methyl sites for hydroxylation is 2. The fourth-order valence-electron chi connectivity index (χ4n) is 1.55. The molecule has 0 atom stereocenters. The summed E-state index contributed by atoms with van der Waals surface area (Å²) >= 11 is 0. The van der Waals surface area contributed by atoms with E-state index >= 15 is 0 Å². The summed E-state index contributed by atoms with van der Waals surface area (Å²) in [6.45, 7) is 3.10. The van der Waals surface area contributed by atoms with Gasteiger partial charge in [0.1, 0.15) is 0 Å². The van der Waals surface area contributed by atoms with E-state index in [2.05, 4.69) is 0 Å². The number of rotatable bonds is 2. The third-order valence-electron chi connectivity index (χ3n) is 2.59. The van der Waals surface area contributed by atoms with E-state index in [0.29, 0.717) is 5.56 Å². The van der Waals surface area contributed by atoms with Crippen molar-refractivity contribution in [3.63, 3.8) is 0 Å². The molecule has 0 bridgehead atoms. The van der Waals surface area contributed by atoms with Crippen LogP contribution in [0.1, 0.15) is 27.2 Å². The maximum absolute atomic E-state index is 13.6. The molecule has 0 unspecified atom stereocenters. The second-order valence-electron chi connectivity index (χ2n) is 3.82. The summed E-state index contributed by atoms with van der Waals surface area (Å²) in [5, 5.41) is 0. The highest BCUT2D eigenvalue weighted by atomic mass is 19.2. The molecule has 2 nitrogen and oxygen atoms in total. The number of ketones is 1. The first-order chi connectivity index (χ1) is 8.02. The normalized spacial score (nSPS) is 10.6. The van der Waals surface area contributed by atoms with Crippen LogP contribution in [0.15, 0.2) is 28.9 Å². The second kappa shape index (κ2) is 4.13. The van der Waals surface area contributed by atoms with Gasteiger partial charge < -0.3 is 4.42 Å². The van der Waals surface area contributed by atoms with Crippen LogP contribution in [0.3, 0.4) is 0 Å². The molecule has 0 saturated heterocycles. The molecule has 0 spiro atoms. The Hall–Kier alpha value is -1.97. The molecule has 88 valence electrons. The molecule has 2 rings (SSSR count). The fraction of sp³-hybridized carbons (Fsp3) is 0.154. The van der Waals surface area contributed by atoms with Gasteiger partial charge in [0, 0.05) is 0 Å². The van der Waals surface area contributed by atoms with E-state index in [4.69, 9.17) is 4.42 Å². The highest BCUT2D eigenvalue weighted by molar-refractivity contribution is 6.08. The van der Waals surface area contributed by atoms with Crippen molar-refractivity contribution in [2.75, 3.05) is 0 Å². The lowest BCUT2D eigenvalue weighted by molar-refractivity contribution is 0.100. The lowest BCUT2D eigenvalue weighted by Crippen LogP contribution is -2.07. The van der Waals surface area contributed by atoms with Crippen molar-refractivity contribution in [2.24, 2.45) is 0 Å². The molecule has 0 fully saturated rings. The predicted octanol–water partition coefficient (Wildman–Crippen LogP) is 3.41. The zero-order valence-corrected chi connectivity index (χ0v) is 9.38. The number of halogens is 2. The SMILES string of the molecule is Cc1ccoc1C(=O)c1ccc(C)c(F)c1F. The van der Waals surface area contributed by atoms with Crippen LogP contribution in [0.5, 0.6) is 0 Å². The molecule has 0 N–H and O–H groups in total. The van der Waals surface area contributed by atoms with E-state index in [1.165, 1.54) is 25.3 Å². The topological polar surface area (TPSA) is 30.2 Å². The molecular weight excluding hydrogens is 226 g/mol. The number of hydrogen-bond donors (Lipinski definition) is 0. The summed E-state index contributed by atoms with van der Waals surface area (Å²) in [5.41, 5.74) is 0.441. The quantitative estimate of drug-likeness (QED) is 0.748. The Bertz CT molecular complexity index is 585. The van der Waals surface area contributed by atoms with Gasteiger partial charge in [-0.25, -0.2) is 8.78 Å². The van der Waals surface area contributed by atoms with Gasteiger partial charge in [0.25, 0.3) is 0 Å². The molecule has 1 heterocycles. The lowest BCUT2D eigenvalue weighted by Gasteiger charge is -2.04. The Morgan fingerprint density at radius 2 is 1.76 bits per heavy atom. The van der Waals surface area contributed by atoms with Crippen LogP contribution >= 0.6 is 0 Å². The van der Waals surface area contributed by atoms with Crippen LogP contribution in [-0.4, -0.2) is 5.78 Å². The summed E-state index contributed by atoms with van der Waals surface area (Å²) in [4.78, 5) is 11.9. The van der Waals surface area contributed by atoms with E-state index in [1.807, 2.05) is 0 Å². The molecule has 1 aromatic carbocycles. The highest BCUT2D eigenvalue weighted by Gasteiger charge is 2.21. The molecule has 0 saturated carbocycles. The third kappa shape index (κ3) is 1.86. The van der Waals surface area contributed by atoms with Gasteiger partial charge in [-0.1, -0.05) is 6.07 Å². The zero-order chi connectivity index (χ0) is 12.6. The average Bonchev–Trinajstić information content (AvgIpc) is 2.72. The van der Waals surface area contributed by atoms with Crippen molar-refractivity contribution < 1.29 is 18.0 Å². The smallest absolute Gasteiger partial charge is 0.231 e. The monoisotopic (exact) mass is 236 g/mol. The summed E-state index contributed by atoms with van der Waals surface area (Å²) in [7, 11) is 0. The molecule has 1 aromatic heterocycles.